The van der Waals surface area contributed by atoms with Gasteiger partial charge in [-0.15, -0.1) is 0 Å². The van der Waals surface area contributed by atoms with E-state index in [9.17, 15) is 19.2 Å². The van der Waals surface area contributed by atoms with Gasteiger partial charge in [-0.25, -0.2) is 4.79 Å². The highest BCUT2D eigenvalue weighted by Crippen LogP contribution is 2.34. The van der Waals surface area contributed by atoms with Crippen molar-refractivity contribution in [3.05, 3.63) is 63.2 Å². The Bertz CT molecular complexity index is 1030. The van der Waals surface area contributed by atoms with Gasteiger partial charge in [0.2, 0.25) is 0 Å². The molecule has 3 heterocycles. The van der Waals surface area contributed by atoms with Crippen molar-refractivity contribution in [2.75, 3.05) is 0 Å². The third-order valence-corrected chi connectivity index (χ3v) is 4.71. The molecule has 3 unspecified atom stereocenters. The Morgan fingerprint density at radius 3 is 2.40 bits per heavy atom. The van der Waals surface area contributed by atoms with E-state index in [4.69, 9.17) is 14.2 Å². The second kappa shape index (κ2) is 9.04. The molecule has 0 bridgehead atoms. The van der Waals surface area contributed by atoms with Crippen LogP contribution in [-0.4, -0.2) is 44.4 Å². The van der Waals surface area contributed by atoms with Crippen molar-refractivity contribution in [1.82, 2.24) is 14.1 Å². The molecule has 1 aliphatic heterocycles. The van der Waals surface area contributed by atoms with Crippen molar-refractivity contribution in [3.8, 4) is 0 Å². The molecule has 4 atom stereocenters. The lowest BCUT2D eigenvalue weighted by Crippen LogP contribution is -2.45. The Morgan fingerprint density at radius 2 is 1.80 bits per heavy atom. The highest BCUT2D eigenvalue weighted by atomic mass is 16.6. The van der Waals surface area contributed by atoms with Crippen LogP contribution in [0.25, 0.3) is 0 Å². The smallest absolute Gasteiger partial charge is 0.333 e. The van der Waals surface area contributed by atoms with Gasteiger partial charge in [-0.1, -0.05) is 13.0 Å². The van der Waals surface area contributed by atoms with Gasteiger partial charge in [0.1, 0.15) is 6.10 Å². The standard InChI is InChI=1S/C20H23N3O7/c1-4-15-17(28-12(2)24)18(29-13(3)25)19(30-15)22-10-8-16(26)23(20(22)27)11-14-7-5-6-9-21-14/h5-10,15,17-19H,4,11H2,1-3H3/t15?,17-,18?,19?/m0/s1. The molecule has 3 rings (SSSR count). The Kier molecular flexibility index (Phi) is 6.46. The lowest BCUT2D eigenvalue weighted by atomic mass is 10.1. The second-order valence-electron chi connectivity index (χ2n) is 6.87. The average molecular weight is 417 g/mol. The van der Waals surface area contributed by atoms with Crippen LogP contribution < -0.4 is 11.2 Å². The van der Waals surface area contributed by atoms with Crippen LogP contribution in [-0.2, 0) is 30.3 Å². The Morgan fingerprint density at radius 1 is 1.10 bits per heavy atom. The van der Waals surface area contributed by atoms with E-state index in [-0.39, 0.29) is 6.54 Å². The number of carbonyl (C=O) groups excluding carboxylic acids is 2. The average Bonchev–Trinajstić information content (AvgIpc) is 3.02. The molecule has 0 amide bonds. The molecule has 10 heteroatoms. The van der Waals surface area contributed by atoms with Crippen molar-refractivity contribution >= 4 is 11.9 Å². The largest absolute Gasteiger partial charge is 0.456 e. The minimum atomic E-state index is -1.06. The summed E-state index contributed by atoms with van der Waals surface area (Å²) in [7, 11) is 0. The van der Waals surface area contributed by atoms with Crippen LogP contribution in [0.5, 0.6) is 0 Å². The van der Waals surface area contributed by atoms with Gasteiger partial charge in [0.05, 0.1) is 12.2 Å². The van der Waals surface area contributed by atoms with Gasteiger partial charge < -0.3 is 14.2 Å². The summed E-state index contributed by atoms with van der Waals surface area (Å²) in [5.41, 5.74) is -0.635. The topological polar surface area (TPSA) is 119 Å². The molecule has 0 saturated carbocycles. The van der Waals surface area contributed by atoms with Crippen molar-refractivity contribution in [1.29, 1.82) is 0 Å². The minimum absolute atomic E-state index is 0.0329. The van der Waals surface area contributed by atoms with E-state index < -0.39 is 47.7 Å². The lowest BCUT2D eigenvalue weighted by molar-refractivity contribution is -0.165. The predicted molar refractivity (Wildman–Crippen MR) is 104 cm³/mol. The number of hydrogen-bond acceptors (Lipinski definition) is 8. The van der Waals surface area contributed by atoms with E-state index in [2.05, 4.69) is 4.98 Å². The molecule has 0 aliphatic carbocycles. The van der Waals surface area contributed by atoms with Gasteiger partial charge in [-0.05, 0) is 18.6 Å². The first kappa shape index (κ1) is 21.4. The Hall–Kier alpha value is -3.27. The number of ether oxygens (including phenoxy) is 3. The fourth-order valence-corrected chi connectivity index (χ4v) is 3.44. The highest BCUT2D eigenvalue weighted by molar-refractivity contribution is 5.67. The summed E-state index contributed by atoms with van der Waals surface area (Å²) in [6.45, 7) is 4.24. The molecule has 1 saturated heterocycles. The third kappa shape index (κ3) is 4.48. The molecule has 2 aromatic rings. The van der Waals surface area contributed by atoms with Gasteiger partial charge in [0.25, 0.3) is 5.56 Å². The number of pyridine rings is 1. The zero-order chi connectivity index (χ0) is 21.8. The van der Waals surface area contributed by atoms with Gasteiger partial charge in [-0.2, -0.15) is 0 Å². The number of esters is 2. The van der Waals surface area contributed by atoms with Gasteiger partial charge >= 0.3 is 17.6 Å². The van der Waals surface area contributed by atoms with E-state index in [0.29, 0.717) is 12.1 Å². The van der Waals surface area contributed by atoms with E-state index in [1.54, 1.807) is 24.4 Å². The van der Waals surface area contributed by atoms with E-state index in [1.165, 1.54) is 30.7 Å². The minimum Gasteiger partial charge on any atom is -0.456 e. The van der Waals surface area contributed by atoms with Gasteiger partial charge in [0.15, 0.2) is 18.4 Å². The zero-order valence-corrected chi connectivity index (χ0v) is 16.9. The van der Waals surface area contributed by atoms with Gasteiger partial charge in [-0.3, -0.25) is 28.5 Å². The van der Waals surface area contributed by atoms with Crippen LogP contribution in [0.15, 0.2) is 46.2 Å². The highest BCUT2D eigenvalue weighted by Gasteiger charge is 2.49. The first-order valence-corrected chi connectivity index (χ1v) is 9.53. The Balaban J connectivity index is 2.03. The Labute approximate surface area is 172 Å². The summed E-state index contributed by atoms with van der Waals surface area (Å²) in [5.74, 6) is -1.18. The van der Waals surface area contributed by atoms with Crippen LogP contribution in [0.2, 0.25) is 0 Å². The fraction of sp³-hybridized carbons (Fsp3) is 0.450. The summed E-state index contributed by atoms with van der Waals surface area (Å²) in [6.07, 6.45) is -0.288. The molecule has 1 fully saturated rings. The molecule has 2 aromatic heterocycles. The van der Waals surface area contributed by atoms with Crippen LogP contribution in [0.3, 0.4) is 0 Å². The summed E-state index contributed by atoms with van der Waals surface area (Å²) in [5, 5.41) is 0. The summed E-state index contributed by atoms with van der Waals surface area (Å²) in [6, 6.07) is 6.40. The van der Waals surface area contributed by atoms with E-state index >= 15 is 0 Å². The molecular formula is C20H23N3O7. The molecular weight excluding hydrogens is 394 g/mol. The molecule has 160 valence electrons. The molecule has 30 heavy (non-hydrogen) atoms. The van der Waals surface area contributed by atoms with Crippen molar-refractivity contribution < 1.29 is 23.8 Å². The quantitative estimate of drug-likeness (QED) is 0.628. The number of carbonyl (C=O) groups is 2. The third-order valence-electron chi connectivity index (χ3n) is 4.71. The molecule has 0 spiro atoms. The summed E-state index contributed by atoms with van der Waals surface area (Å²) >= 11 is 0. The zero-order valence-electron chi connectivity index (χ0n) is 16.9. The molecule has 1 aliphatic rings. The number of nitrogens with zero attached hydrogens (tertiary/aromatic N) is 3. The monoisotopic (exact) mass is 417 g/mol. The van der Waals surface area contributed by atoms with Gasteiger partial charge in [0, 0.05) is 32.3 Å². The molecule has 10 nitrogen and oxygen atoms in total. The molecule has 0 N–H and O–H groups in total. The molecule has 0 radical (unpaired) electrons. The lowest BCUT2D eigenvalue weighted by Gasteiger charge is -2.24. The van der Waals surface area contributed by atoms with Crippen LogP contribution in [0, 0.1) is 0 Å². The summed E-state index contributed by atoms with van der Waals surface area (Å²) < 4.78 is 18.8. The first-order chi connectivity index (χ1) is 14.3. The second-order valence-corrected chi connectivity index (χ2v) is 6.87. The van der Waals surface area contributed by atoms with Crippen LogP contribution in [0.4, 0.5) is 0 Å². The van der Waals surface area contributed by atoms with Crippen molar-refractivity contribution in [2.45, 2.75) is 58.3 Å². The normalized spacial score (nSPS) is 23.2. The number of rotatable bonds is 6. The summed E-state index contributed by atoms with van der Waals surface area (Å²) in [4.78, 5) is 52.8. The maximum Gasteiger partial charge on any atom is 0.333 e. The van der Waals surface area contributed by atoms with E-state index in [1.807, 2.05) is 6.92 Å². The van der Waals surface area contributed by atoms with Crippen LogP contribution >= 0.6 is 0 Å². The SMILES string of the molecule is CCC1OC(n2ccc(=O)n(Cc3ccccn3)c2=O)C(OC(C)=O)[C@H]1OC(C)=O. The first-order valence-electron chi connectivity index (χ1n) is 9.53. The maximum atomic E-state index is 13.1. The number of aromatic nitrogens is 3. The van der Waals surface area contributed by atoms with Crippen molar-refractivity contribution in [2.24, 2.45) is 0 Å². The predicted octanol–water partition coefficient (Wildman–Crippen LogP) is 0.624. The molecule has 0 aromatic carbocycles. The van der Waals surface area contributed by atoms with Crippen molar-refractivity contribution in [3.63, 3.8) is 0 Å². The van der Waals surface area contributed by atoms with E-state index in [0.717, 1.165) is 4.57 Å². The fourth-order valence-electron chi connectivity index (χ4n) is 3.44. The number of hydrogen-bond donors (Lipinski definition) is 0. The van der Waals surface area contributed by atoms with Crippen LogP contribution in [0.1, 0.15) is 39.1 Å². The maximum absolute atomic E-state index is 13.1.